The fourth-order valence-corrected chi connectivity index (χ4v) is 4.63. The molecule has 2 unspecified atom stereocenters. The molecule has 0 saturated heterocycles. The predicted molar refractivity (Wildman–Crippen MR) is 103 cm³/mol. The minimum atomic E-state index is -2.64. The summed E-state index contributed by atoms with van der Waals surface area (Å²) in [6.45, 7) is 3.82. The van der Waals surface area contributed by atoms with Gasteiger partial charge in [-0.3, -0.25) is 4.79 Å². The summed E-state index contributed by atoms with van der Waals surface area (Å²) in [6, 6.07) is 5.60. The Hall–Kier alpha value is -1.40. The number of rotatable bonds is 6. The van der Waals surface area contributed by atoms with Crippen LogP contribution in [0.3, 0.4) is 0 Å². The number of carbonyl (C=O) groups excluding carboxylic acids is 1. The van der Waals surface area contributed by atoms with Crippen LogP contribution in [0, 0.1) is 5.41 Å². The van der Waals surface area contributed by atoms with E-state index in [1.807, 2.05) is 19.1 Å². The maximum absolute atomic E-state index is 13.8. The molecule has 2 atom stereocenters. The average molecular weight is 401 g/mol. The highest BCUT2D eigenvalue weighted by Gasteiger charge is 2.43. The molecule has 3 rings (SSSR count). The molecule has 1 N–H and O–H groups in total. The Morgan fingerprint density at radius 1 is 1.41 bits per heavy atom. The van der Waals surface area contributed by atoms with Crippen LogP contribution >= 0.6 is 11.6 Å². The van der Waals surface area contributed by atoms with Crippen molar-refractivity contribution in [2.24, 2.45) is 5.41 Å². The van der Waals surface area contributed by atoms with Gasteiger partial charge in [0.25, 0.3) is 0 Å². The van der Waals surface area contributed by atoms with Gasteiger partial charge in [0.05, 0.1) is 12.5 Å². The van der Waals surface area contributed by atoms with Gasteiger partial charge in [-0.15, -0.1) is 0 Å². The fraction of sp³-hybridized carbons (Fsp3) is 0.650. The van der Waals surface area contributed by atoms with Gasteiger partial charge >= 0.3 is 0 Å². The summed E-state index contributed by atoms with van der Waals surface area (Å²) in [5, 5.41) is 3.49. The Morgan fingerprint density at radius 2 is 2.19 bits per heavy atom. The van der Waals surface area contributed by atoms with Crippen molar-refractivity contribution >= 4 is 23.2 Å². The van der Waals surface area contributed by atoms with Crippen LogP contribution < -0.4 is 10.2 Å². The van der Waals surface area contributed by atoms with Crippen molar-refractivity contribution in [2.45, 2.75) is 44.4 Å². The molecule has 0 radical (unpaired) electrons. The number of ether oxygens (including phenoxy) is 1. The van der Waals surface area contributed by atoms with Crippen LogP contribution in [0.5, 0.6) is 0 Å². The minimum absolute atomic E-state index is 0.0589. The van der Waals surface area contributed by atoms with E-state index in [2.05, 4.69) is 10.2 Å². The number of amides is 1. The minimum Gasteiger partial charge on any atom is -0.383 e. The summed E-state index contributed by atoms with van der Waals surface area (Å²) in [5.41, 5.74) is 1.18. The molecule has 1 aromatic rings. The molecule has 7 heteroatoms. The molecule has 1 aliphatic carbocycles. The Morgan fingerprint density at radius 3 is 2.89 bits per heavy atom. The van der Waals surface area contributed by atoms with Gasteiger partial charge in [0, 0.05) is 55.9 Å². The van der Waals surface area contributed by atoms with E-state index in [4.69, 9.17) is 16.3 Å². The molecule has 0 bridgehead atoms. The summed E-state index contributed by atoms with van der Waals surface area (Å²) in [7, 11) is 1.64. The van der Waals surface area contributed by atoms with E-state index in [-0.39, 0.29) is 25.3 Å². The summed E-state index contributed by atoms with van der Waals surface area (Å²) in [4.78, 5) is 15.0. The first-order chi connectivity index (χ1) is 12.7. The van der Waals surface area contributed by atoms with Gasteiger partial charge in [-0.05, 0) is 30.4 Å². The first-order valence-corrected chi connectivity index (χ1v) is 9.80. The number of halogens is 3. The second-order valence-electron chi connectivity index (χ2n) is 8.08. The molecule has 0 aromatic heterocycles. The zero-order valence-corrected chi connectivity index (χ0v) is 16.6. The van der Waals surface area contributed by atoms with Crippen molar-refractivity contribution in [3.8, 4) is 0 Å². The Bertz CT molecular complexity index is 701. The van der Waals surface area contributed by atoms with Crippen LogP contribution in [0.1, 0.15) is 44.1 Å². The summed E-state index contributed by atoms with van der Waals surface area (Å²) in [6.07, 6.45) is 0.950. The number of benzene rings is 1. The molecule has 2 aliphatic rings. The maximum Gasteiger partial charge on any atom is 0.248 e. The highest BCUT2D eigenvalue weighted by molar-refractivity contribution is 6.32. The lowest BCUT2D eigenvalue weighted by Gasteiger charge is -2.38. The number of carbonyl (C=O) groups is 1. The first kappa shape index (κ1) is 20.3. The summed E-state index contributed by atoms with van der Waals surface area (Å²) < 4.78 is 32.8. The molecular formula is C20H27ClF2N2O2. The second kappa shape index (κ2) is 7.92. The quantitative estimate of drug-likeness (QED) is 0.777. The predicted octanol–water partition coefficient (Wildman–Crippen LogP) is 4.22. The molecule has 27 heavy (non-hydrogen) atoms. The second-order valence-corrected chi connectivity index (χ2v) is 8.49. The van der Waals surface area contributed by atoms with E-state index in [0.717, 1.165) is 11.3 Å². The van der Waals surface area contributed by atoms with Crippen LogP contribution in [0.25, 0.3) is 0 Å². The standard InChI is InChI=1S/C20H27ClF2N2O2/c1-19(7-4-8-20(22,23)12-19)13-24-18(26)14-11-25(9-10-27-2)16-6-3-5-15(21)17(14)16/h3,5-6,14H,4,7-13H2,1-2H3,(H,24,26). The normalized spacial score (nSPS) is 26.7. The number of hydrogen-bond donors (Lipinski definition) is 1. The van der Waals surface area contributed by atoms with Gasteiger partial charge < -0.3 is 15.0 Å². The van der Waals surface area contributed by atoms with Crippen LogP contribution in [0.2, 0.25) is 5.02 Å². The van der Waals surface area contributed by atoms with Gasteiger partial charge in [0.15, 0.2) is 0 Å². The topological polar surface area (TPSA) is 41.6 Å². The van der Waals surface area contributed by atoms with E-state index in [1.54, 1.807) is 13.2 Å². The van der Waals surface area contributed by atoms with Crippen molar-refractivity contribution in [1.29, 1.82) is 0 Å². The Labute approximate surface area is 164 Å². The first-order valence-electron chi connectivity index (χ1n) is 9.42. The van der Waals surface area contributed by atoms with E-state index >= 15 is 0 Å². The van der Waals surface area contributed by atoms with Gasteiger partial charge in [0.1, 0.15) is 0 Å². The Kier molecular flexibility index (Phi) is 5.96. The lowest BCUT2D eigenvalue weighted by atomic mass is 9.74. The van der Waals surface area contributed by atoms with E-state index in [9.17, 15) is 13.6 Å². The third-order valence-electron chi connectivity index (χ3n) is 5.70. The molecule has 1 aliphatic heterocycles. The van der Waals surface area contributed by atoms with Crippen molar-refractivity contribution in [3.05, 3.63) is 28.8 Å². The summed E-state index contributed by atoms with van der Waals surface area (Å²) >= 11 is 6.38. The fourth-order valence-electron chi connectivity index (χ4n) is 4.33. The van der Waals surface area contributed by atoms with E-state index < -0.39 is 17.3 Å². The highest BCUT2D eigenvalue weighted by atomic mass is 35.5. The average Bonchev–Trinajstić information content (AvgIpc) is 2.97. The van der Waals surface area contributed by atoms with E-state index in [1.165, 1.54) is 0 Å². The molecule has 1 fully saturated rings. The number of nitrogens with zero attached hydrogens (tertiary/aromatic N) is 1. The molecule has 1 heterocycles. The molecule has 150 valence electrons. The lowest BCUT2D eigenvalue weighted by Crippen LogP contribution is -2.44. The maximum atomic E-state index is 13.8. The number of alkyl halides is 2. The highest BCUT2D eigenvalue weighted by Crippen LogP contribution is 2.44. The third-order valence-corrected chi connectivity index (χ3v) is 6.03. The molecule has 1 aromatic carbocycles. The van der Waals surface area contributed by atoms with Crippen molar-refractivity contribution < 1.29 is 18.3 Å². The number of fused-ring (bicyclic) bond motifs is 1. The van der Waals surface area contributed by atoms with Crippen LogP contribution in [-0.2, 0) is 9.53 Å². The van der Waals surface area contributed by atoms with Gasteiger partial charge in [-0.25, -0.2) is 8.78 Å². The summed E-state index contributed by atoms with van der Waals surface area (Å²) in [5.74, 6) is -3.20. The number of methoxy groups -OCH3 is 1. The van der Waals surface area contributed by atoms with Crippen LogP contribution in [0.15, 0.2) is 18.2 Å². The molecule has 1 amide bonds. The molecule has 1 saturated carbocycles. The number of hydrogen-bond acceptors (Lipinski definition) is 3. The molecule has 0 spiro atoms. The number of anilines is 1. The largest absolute Gasteiger partial charge is 0.383 e. The SMILES string of the molecule is COCCN1CC(C(=O)NCC2(C)CCCC(F)(F)C2)c2c(Cl)cccc21. The van der Waals surface area contributed by atoms with Gasteiger partial charge in [0.2, 0.25) is 11.8 Å². The van der Waals surface area contributed by atoms with Gasteiger partial charge in [-0.1, -0.05) is 24.6 Å². The van der Waals surface area contributed by atoms with Crippen molar-refractivity contribution in [1.82, 2.24) is 5.32 Å². The molecular weight excluding hydrogens is 374 g/mol. The van der Waals surface area contributed by atoms with Crippen molar-refractivity contribution in [3.63, 3.8) is 0 Å². The zero-order chi connectivity index (χ0) is 19.7. The third kappa shape index (κ3) is 4.54. The van der Waals surface area contributed by atoms with E-state index in [0.29, 0.717) is 37.6 Å². The smallest absolute Gasteiger partial charge is 0.248 e. The van der Waals surface area contributed by atoms with Gasteiger partial charge in [-0.2, -0.15) is 0 Å². The number of nitrogens with one attached hydrogen (secondary N) is 1. The van der Waals surface area contributed by atoms with Crippen LogP contribution in [-0.4, -0.2) is 45.2 Å². The molecule has 4 nitrogen and oxygen atoms in total. The zero-order valence-electron chi connectivity index (χ0n) is 15.9. The lowest BCUT2D eigenvalue weighted by molar-refractivity contribution is -0.124. The Balaban J connectivity index is 1.70. The van der Waals surface area contributed by atoms with Crippen LogP contribution in [0.4, 0.5) is 14.5 Å². The monoisotopic (exact) mass is 400 g/mol. The van der Waals surface area contributed by atoms with Crippen molar-refractivity contribution in [2.75, 3.05) is 38.3 Å².